The van der Waals surface area contributed by atoms with Crippen molar-refractivity contribution >= 4 is 27.9 Å². The van der Waals surface area contributed by atoms with Crippen LogP contribution in [0.3, 0.4) is 0 Å². The molecule has 27 heavy (non-hydrogen) atoms. The van der Waals surface area contributed by atoms with Gasteiger partial charge in [-0.1, -0.05) is 36.4 Å². The lowest BCUT2D eigenvalue weighted by Gasteiger charge is -2.08. The summed E-state index contributed by atoms with van der Waals surface area (Å²) in [6.45, 7) is 0.813. The topological polar surface area (TPSA) is 77.1 Å². The first-order valence-corrected chi connectivity index (χ1v) is 8.90. The fourth-order valence-corrected chi connectivity index (χ4v) is 3.23. The Kier molecular flexibility index (Phi) is 4.70. The van der Waals surface area contributed by atoms with Crippen molar-refractivity contribution in [2.24, 2.45) is 0 Å². The SMILES string of the molecule is O=C(CCn1c(=O)oc2ccccc21)NCCc1cccc2cccnc12. The normalized spacial score (nSPS) is 11.1. The van der Waals surface area contributed by atoms with Crippen LogP contribution in [0, 0.1) is 0 Å². The third kappa shape index (κ3) is 3.60. The number of rotatable bonds is 6. The van der Waals surface area contributed by atoms with Crippen molar-refractivity contribution in [2.45, 2.75) is 19.4 Å². The molecule has 0 saturated heterocycles. The molecule has 0 fully saturated rings. The van der Waals surface area contributed by atoms with Gasteiger partial charge >= 0.3 is 5.76 Å². The lowest BCUT2D eigenvalue weighted by molar-refractivity contribution is -0.121. The molecule has 0 bridgehead atoms. The lowest BCUT2D eigenvalue weighted by atomic mass is 10.1. The highest BCUT2D eigenvalue weighted by molar-refractivity contribution is 5.81. The zero-order valence-corrected chi connectivity index (χ0v) is 14.7. The second kappa shape index (κ2) is 7.45. The van der Waals surface area contributed by atoms with Crippen molar-refractivity contribution in [3.8, 4) is 0 Å². The van der Waals surface area contributed by atoms with Crippen LogP contribution >= 0.6 is 0 Å². The molecule has 2 heterocycles. The van der Waals surface area contributed by atoms with Crippen LogP contribution in [0.15, 0.2) is 70.0 Å². The zero-order valence-electron chi connectivity index (χ0n) is 14.7. The summed E-state index contributed by atoms with van der Waals surface area (Å²) in [5.74, 6) is -0.536. The molecule has 0 saturated carbocycles. The van der Waals surface area contributed by atoms with E-state index in [-0.39, 0.29) is 18.9 Å². The molecule has 6 nitrogen and oxygen atoms in total. The van der Waals surface area contributed by atoms with Gasteiger partial charge in [0, 0.05) is 31.1 Å². The van der Waals surface area contributed by atoms with E-state index in [1.165, 1.54) is 4.57 Å². The first-order chi connectivity index (χ1) is 13.2. The summed E-state index contributed by atoms with van der Waals surface area (Å²) in [6, 6.07) is 17.2. The van der Waals surface area contributed by atoms with Gasteiger partial charge in [0.05, 0.1) is 11.0 Å². The predicted octanol–water partition coefficient (Wildman–Crippen LogP) is 2.89. The number of hydrogen-bond acceptors (Lipinski definition) is 4. The predicted molar refractivity (Wildman–Crippen MR) is 104 cm³/mol. The summed E-state index contributed by atoms with van der Waals surface area (Å²) in [7, 11) is 0. The second-order valence-electron chi connectivity index (χ2n) is 6.33. The van der Waals surface area contributed by atoms with E-state index < -0.39 is 5.76 Å². The third-order valence-corrected chi connectivity index (χ3v) is 4.57. The number of nitrogens with one attached hydrogen (secondary N) is 1. The molecule has 4 rings (SSSR count). The Labute approximate surface area is 155 Å². The Morgan fingerprint density at radius 1 is 1.07 bits per heavy atom. The van der Waals surface area contributed by atoms with Gasteiger partial charge < -0.3 is 9.73 Å². The number of aromatic nitrogens is 2. The number of carbonyl (C=O) groups excluding carboxylic acids is 1. The quantitative estimate of drug-likeness (QED) is 0.573. The van der Waals surface area contributed by atoms with Crippen LogP contribution < -0.4 is 11.1 Å². The van der Waals surface area contributed by atoms with Crippen molar-refractivity contribution < 1.29 is 9.21 Å². The first kappa shape index (κ1) is 17.0. The average molecular weight is 361 g/mol. The summed E-state index contributed by atoms with van der Waals surface area (Å²) >= 11 is 0. The average Bonchev–Trinajstić information content (AvgIpc) is 3.01. The Morgan fingerprint density at radius 2 is 1.93 bits per heavy atom. The molecule has 136 valence electrons. The molecule has 4 aromatic rings. The van der Waals surface area contributed by atoms with Gasteiger partial charge in [0.15, 0.2) is 5.58 Å². The van der Waals surface area contributed by atoms with Crippen LogP contribution in [-0.4, -0.2) is 22.0 Å². The van der Waals surface area contributed by atoms with Gasteiger partial charge in [-0.2, -0.15) is 0 Å². The van der Waals surface area contributed by atoms with Crippen molar-refractivity contribution in [2.75, 3.05) is 6.54 Å². The first-order valence-electron chi connectivity index (χ1n) is 8.90. The highest BCUT2D eigenvalue weighted by atomic mass is 16.4. The molecule has 0 aliphatic carbocycles. The molecule has 0 aliphatic heterocycles. The summed E-state index contributed by atoms with van der Waals surface area (Å²) < 4.78 is 6.67. The van der Waals surface area contributed by atoms with Crippen LogP contribution in [0.1, 0.15) is 12.0 Å². The molecular formula is C21H19N3O3. The lowest BCUT2D eigenvalue weighted by Crippen LogP contribution is -2.28. The maximum absolute atomic E-state index is 12.2. The largest absolute Gasteiger partial charge is 0.419 e. The van der Waals surface area contributed by atoms with Gasteiger partial charge in [-0.05, 0) is 30.2 Å². The Balaban J connectivity index is 1.35. The third-order valence-electron chi connectivity index (χ3n) is 4.57. The van der Waals surface area contributed by atoms with Crippen molar-refractivity contribution in [3.05, 3.63) is 76.9 Å². The van der Waals surface area contributed by atoms with Gasteiger partial charge in [-0.15, -0.1) is 0 Å². The molecule has 2 aromatic carbocycles. The monoisotopic (exact) mass is 361 g/mol. The Bertz CT molecular complexity index is 1150. The van der Waals surface area contributed by atoms with Gasteiger partial charge in [-0.25, -0.2) is 4.79 Å². The maximum atomic E-state index is 12.2. The van der Waals surface area contributed by atoms with Crippen LogP contribution in [0.4, 0.5) is 0 Å². The molecule has 1 N–H and O–H groups in total. The minimum absolute atomic E-state index is 0.0969. The van der Waals surface area contributed by atoms with Gasteiger partial charge in [0.1, 0.15) is 0 Å². The number of aryl methyl sites for hydroxylation is 1. The van der Waals surface area contributed by atoms with E-state index in [4.69, 9.17) is 4.42 Å². The summed E-state index contributed by atoms with van der Waals surface area (Å²) in [6.07, 6.45) is 2.70. The van der Waals surface area contributed by atoms with Crippen LogP contribution in [0.5, 0.6) is 0 Å². The van der Waals surface area contributed by atoms with Gasteiger partial charge in [0.2, 0.25) is 5.91 Å². The molecule has 0 spiro atoms. The summed E-state index contributed by atoms with van der Waals surface area (Å²) in [4.78, 5) is 28.5. The fraction of sp³-hybridized carbons (Fsp3) is 0.190. The molecule has 0 unspecified atom stereocenters. The number of carbonyl (C=O) groups is 1. The minimum atomic E-state index is -0.439. The molecule has 2 aromatic heterocycles. The van der Waals surface area contributed by atoms with Crippen molar-refractivity contribution in [1.29, 1.82) is 0 Å². The fourth-order valence-electron chi connectivity index (χ4n) is 3.23. The zero-order chi connectivity index (χ0) is 18.6. The van der Waals surface area contributed by atoms with E-state index in [0.29, 0.717) is 24.1 Å². The van der Waals surface area contributed by atoms with Gasteiger partial charge in [0.25, 0.3) is 0 Å². The number of amides is 1. The molecular weight excluding hydrogens is 342 g/mol. The van der Waals surface area contributed by atoms with Crippen LogP contribution in [-0.2, 0) is 17.8 Å². The summed E-state index contributed by atoms with van der Waals surface area (Å²) in [5.41, 5.74) is 3.31. The van der Waals surface area contributed by atoms with E-state index in [2.05, 4.69) is 10.3 Å². The highest BCUT2D eigenvalue weighted by Gasteiger charge is 2.10. The minimum Gasteiger partial charge on any atom is -0.408 e. The van der Waals surface area contributed by atoms with E-state index in [1.807, 2.05) is 48.5 Å². The maximum Gasteiger partial charge on any atom is 0.419 e. The number of para-hydroxylation sites is 3. The summed E-state index contributed by atoms with van der Waals surface area (Å²) in [5, 5.41) is 4.00. The smallest absolute Gasteiger partial charge is 0.408 e. The van der Waals surface area contributed by atoms with Crippen LogP contribution in [0.25, 0.3) is 22.0 Å². The van der Waals surface area contributed by atoms with Crippen molar-refractivity contribution in [1.82, 2.24) is 14.9 Å². The number of pyridine rings is 1. The molecule has 0 aliphatic rings. The molecule has 1 amide bonds. The van der Waals surface area contributed by atoms with Crippen molar-refractivity contribution in [3.63, 3.8) is 0 Å². The second-order valence-corrected chi connectivity index (χ2v) is 6.33. The number of hydrogen-bond donors (Lipinski definition) is 1. The van der Waals surface area contributed by atoms with Gasteiger partial charge in [-0.3, -0.25) is 14.3 Å². The van der Waals surface area contributed by atoms with E-state index in [0.717, 1.165) is 16.5 Å². The standard InChI is InChI=1S/C21H19N3O3/c25-19(11-14-24-17-8-1-2-9-18(17)27-21(24)26)22-13-10-16-6-3-5-15-7-4-12-23-20(15)16/h1-9,12H,10-11,13-14H2,(H,22,25). The van der Waals surface area contributed by atoms with E-state index >= 15 is 0 Å². The highest BCUT2D eigenvalue weighted by Crippen LogP contribution is 2.16. The molecule has 6 heteroatoms. The number of oxazole rings is 1. The van der Waals surface area contributed by atoms with E-state index in [9.17, 15) is 9.59 Å². The number of fused-ring (bicyclic) bond motifs is 2. The van der Waals surface area contributed by atoms with Crippen LogP contribution in [0.2, 0.25) is 0 Å². The molecule has 0 radical (unpaired) electrons. The molecule has 0 atom stereocenters. The number of benzene rings is 2. The Morgan fingerprint density at radius 3 is 2.85 bits per heavy atom. The van der Waals surface area contributed by atoms with E-state index in [1.54, 1.807) is 12.3 Å². The Hall–Kier alpha value is -3.41. The number of nitrogens with zero attached hydrogens (tertiary/aromatic N) is 2.